The van der Waals surface area contributed by atoms with E-state index in [-0.39, 0.29) is 24.0 Å². The van der Waals surface area contributed by atoms with Crippen molar-refractivity contribution < 1.29 is 9.47 Å². The summed E-state index contributed by atoms with van der Waals surface area (Å²) in [5.41, 5.74) is 7.13. The van der Waals surface area contributed by atoms with Gasteiger partial charge in [0.25, 0.3) is 0 Å². The molecule has 1 aromatic carbocycles. The number of methoxy groups -OCH3 is 2. The van der Waals surface area contributed by atoms with Gasteiger partial charge in [-0.2, -0.15) is 0 Å². The third kappa shape index (κ3) is 5.56. The van der Waals surface area contributed by atoms with E-state index in [2.05, 4.69) is 27.3 Å². The van der Waals surface area contributed by atoms with Crippen molar-refractivity contribution in [3.63, 3.8) is 0 Å². The van der Waals surface area contributed by atoms with Gasteiger partial charge in [0.15, 0.2) is 5.96 Å². The number of hydrogen-bond donors (Lipinski definition) is 2. The first-order valence-corrected chi connectivity index (χ1v) is 9.19. The van der Waals surface area contributed by atoms with E-state index < -0.39 is 0 Å². The molecule has 0 spiro atoms. The molecule has 7 heteroatoms. The summed E-state index contributed by atoms with van der Waals surface area (Å²) in [6, 6.07) is 6.02. The Bertz CT molecular complexity index is 585. The molecule has 1 atom stereocenters. The highest BCUT2D eigenvalue weighted by Crippen LogP contribution is 2.31. The van der Waals surface area contributed by atoms with E-state index in [1.54, 1.807) is 14.2 Å². The van der Waals surface area contributed by atoms with E-state index in [1.165, 1.54) is 19.3 Å². The van der Waals surface area contributed by atoms with E-state index in [9.17, 15) is 0 Å². The van der Waals surface area contributed by atoms with Gasteiger partial charge in [-0.25, -0.2) is 0 Å². The van der Waals surface area contributed by atoms with Crippen molar-refractivity contribution in [2.45, 2.75) is 25.7 Å². The first-order chi connectivity index (χ1) is 12.2. The molecule has 0 aromatic heterocycles. The first kappa shape index (κ1) is 20.9. The number of aliphatic imine (C=N–C) groups is 1. The summed E-state index contributed by atoms with van der Waals surface area (Å²) in [5, 5.41) is 3.26. The zero-order chi connectivity index (χ0) is 17.6. The van der Waals surface area contributed by atoms with E-state index in [0.29, 0.717) is 11.9 Å². The van der Waals surface area contributed by atoms with Crippen LogP contribution in [0.2, 0.25) is 0 Å². The quantitative estimate of drug-likeness (QED) is 0.361. The smallest absolute Gasteiger partial charge is 0.188 e. The molecule has 1 aliphatic heterocycles. The van der Waals surface area contributed by atoms with Gasteiger partial charge in [0.2, 0.25) is 0 Å². The van der Waals surface area contributed by atoms with E-state index in [4.69, 9.17) is 15.2 Å². The highest BCUT2D eigenvalue weighted by molar-refractivity contribution is 14.0. The summed E-state index contributed by atoms with van der Waals surface area (Å²) < 4.78 is 10.7. The standard InChI is InChI=1S/C19H30N4O2.HI/c1-24-17-8-16(9-18(10-17)25-2)23-7-6-15(13-23)12-22-19(20)21-11-14-4-3-5-14;/h8-10,14-15H,3-7,11-13H2,1-2H3,(H3,20,21,22);1H. The van der Waals surface area contributed by atoms with Crippen LogP contribution in [-0.2, 0) is 0 Å². The zero-order valence-corrected chi connectivity index (χ0v) is 18.1. The number of benzene rings is 1. The molecule has 146 valence electrons. The molecule has 3 N–H and O–H groups in total. The first-order valence-electron chi connectivity index (χ1n) is 9.19. The molecule has 26 heavy (non-hydrogen) atoms. The second-order valence-electron chi connectivity index (χ2n) is 7.08. The van der Waals surface area contributed by atoms with E-state index in [0.717, 1.165) is 55.7 Å². The molecule has 1 saturated heterocycles. The van der Waals surface area contributed by atoms with Gasteiger partial charge >= 0.3 is 0 Å². The van der Waals surface area contributed by atoms with Gasteiger partial charge in [0.05, 0.1) is 14.2 Å². The fourth-order valence-electron chi connectivity index (χ4n) is 3.42. The van der Waals surface area contributed by atoms with Gasteiger partial charge in [0.1, 0.15) is 11.5 Å². The molecule has 1 aromatic rings. The molecule has 1 unspecified atom stereocenters. The van der Waals surface area contributed by atoms with Gasteiger partial charge in [0, 0.05) is 50.1 Å². The minimum atomic E-state index is 0. The highest BCUT2D eigenvalue weighted by atomic mass is 127. The van der Waals surface area contributed by atoms with Gasteiger partial charge in [-0.1, -0.05) is 6.42 Å². The van der Waals surface area contributed by atoms with Gasteiger partial charge in [-0.3, -0.25) is 4.99 Å². The summed E-state index contributed by atoms with van der Waals surface area (Å²) in [4.78, 5) is 6.90. The Morgan fingerprint density at radius 1 is 1.15 bits per heavy atom. The third-order valence-electron chi connectivity index (χ3n) is 5.30. The Hall–Kier alpha value is -1.38. The Kier molecular flexibility index (Phi) is 8.12. The second-order valence-corrected chi connectivity index (χ2v) is 7.08. The van der Waals surface area contributed by atoms with Crippen molar-refractivity contribution in [3.05, 3.63) is 18.2 Å². The van der Waals surface area contributed by atoms with Gasteiger partial charge < -0.3 is 25.4 Å². The van der Waals surface area contributed by atoms with Gasteiger partial charge in [-0.15, -0.1) is 24.0 Å². The Morgan fingerprint density at radius 3 is 2.42 bits per heavy atom. The van der Waals surface area contributed by atoms with Crippen molar-refractivity contribution in [1.82, 2.24) is 5.32 Å². The van der Waals surface area contributed by atoms with Crippen LogP contribution in [0.4, 0.5) is 5.69 Å². The lowest BCUT2D eigenvalue weighted by atomic mass is 9.85. The maximum atomic E-state index is 5.99. The highest BCUT2D eigenvalue weighted by Gasteiger charge is 2.23. The molecule has 0 amide bonds. The Labute approximate surface area is 173 Å². The Balaban J connectivity index is 0.00000243. The number of nitrogens with zero attached hydrogens (tertiary/aromatic N) is 2. The largest absolute Gasteiger partial charge is 0.497 e. The van der Waals surface area contributed by atoms with Crippen LogP contribution >= 0.6 is 24.0 Å². The number of rotatable bonds is 7. The lowest BCUT2D eigenvalue weighted by Crippen LogP contribution is -2.37. The molecule has 2 fully saturated rings. The minimum Gasteiger partial charge on any atom is -0.497 e. The molecule has 0 radical (unpaired) electrons. The predicted molar refractivity (Wildman–Crippen MR) is 117 cm³/mol. The maximum Gasteiger partial charge on any atom is 0.188 e. The molecule has 2 aliphatic rings. The average Bonchev–Trinajstić information content (AvgIpc) is 3.07. The average molecular weight is 474 g/mol. The van der Waals surface area contributed by atoms with Crippen LogP contribution in [0.15, 0.2) is 23.2 Å². The van der Waals surface area contributed by atoms with Crippen LogP contribution in [-0.4, -0.2) is 46.4 Å². The second kappa shape index (κ2) is 10.1. The third-order valence-corrected chi connectivity index (χ3v) is 5.30. The van der Waals surface area contributed by atoms with Crippen LogP contribution in [0.25, 0.3) is 0 Å². The predicted octanol–water partition coefficient (Wildman–Crippen LogP) is 2.85. The lowest BCUT2D eigenvalue weighted by Gasteiger charge is -2.25. The fourth-order valence-corrected chi connectivity index (χ4v) is 3.42. The van der Waals surface area contributed by atoms with Gasteiger partial charge in [-0.05, 0) is 31.1 Å². The number of halogens is 1. The molecule has 0 bridgehead atoms. The summed E-state index contributed by atoms with van der Waals surface area (Å²) in [6.07, 6.45) is 5.12. The minimum absolute atomic E-state index is 0. The molecular formula is C19H31IN4O2. The lowest BCUT2D eigenvalue weighted by molar-refractivity contribution is 0.315. The zero-order valence-electron chi connectivity index (χ0n) is 15.7. The normalized spacial score (nSPS) is 20.3. The van der Waals surface area contributed by atoms with E-state index in [1.807, 2.05) is 6.07 Å². The summed E-state index contributed by atoms with van der Waals surface area (Å²) >= 11 is 0. The van der Waals surface area contributed by atoms with Crippen LogP contribution in [0.1, 0.15) is 25.7 Å². The number of guanidine groups is 1. The number of hydrogen-bond acceptors (Lipinski definition) is 4. The molecule has 1 aliphatic carbocycles. The van der Waals surface area contributed by atoms with Crippen LogP contribution < -0.4 is 25.4 Å². The molecule has 6 nitrogen and oxygen atoms in total. The number of nitrogens with two attached hydrogens (primary N) is 1. The number of nitrogens with one attached hydrogen (secondary N) is 1. The number of anilines is 1. The monoisotopic (exact) mass is 474 g/mol. The topological polar surface area (TPSA) is 72.1 Å². The summed E-state index contributed by atoms with van der Waals surface area (Å²) in [7, 11) is 3.36. The summed E-state index contributed by atoms with van der Waals surface area (Å²) in [6.45, 7) is 3.75. The van der Waals surface area contributed by atoms with Crippen molar-refractivity contribution in [1.29, 1.82) is 0 Å². The van der Waals surface area contributed by atoms with Crippen LogP contribution in [0.3, 0.4) is 0 Å². The SMILES string of the molecule is COc1cc(OC)cc(N2CCC(CN=C(N)NCC3CCC3)C2)c1.I. The fraction of sp³-hybridized carbons (Fsp3) is 0.632. The molecular weight excluding hydrogens is 443 g/mol. The van der Waals surface area contributed by atoms with Crippen molar-refractivity contribution in [2.75, 3.05) is 45.3 Å². The summed E-state index contributed by atoms with van der Waals surface area (Å²) in [5.74, 6) is 3.55. The Morgan fingerprint density at radius 2 is 1.85 bits per heavy atom. The number of ether oxygens (including phenoxy) is 2. The van der Waals surface area contributed by atoms with Crippen LogP contribution in [0, 0.1) is 11.8 Å². The molecule has 1 heterocycles. The van der Waals surface area contributed by atoms with Crippen LogP contribution in [0.5, 0.6) is 11.5 Å². The maximum absolute atomic E-state index is 5.99. The van der Waals surface area contributed by atoms with Crippen molar-refractivity contribution in [2.24, 2.45) is 22.6 Å². The molecule has 3 rings (SSSR count). The molecule has 1 saturated carbocycles. The van der Waals surface area contributed by atoms with Crippen molar-refractivity contribution >= 4 is 35.6 Å². The van der Waals surface area contributed by atoms with Crippen molar-refractivity contribution in [3.8, 4) is 11.5 Å². The van der Waals surface area contributed by atoms with E-state index >= 15 is 0 Å².